The number of rotatable bonds is 4. The van der Waals surface area contributed by atoms with E-state index in [0.717, 1.165) is 12.1 Å². The summed E-state index contributed by atoms with van der Waals surface area (Å²) >= 11 is 0. The Hall–Kier alpha value is -1.09. The highest BCUT2D eigenvalue weighted by Gasteiger charge is 2.32. The quantitative estimate of drug-likeness (QED) is 0.902. The van der Waals surface area contributed by atoms with Crippen LogP contribution in [-0.4, -0.2) is 45.6 Å². The first-order chi connectivity index (χ1) is 9.87. The second kappa shape index (κ2) is 6.35. The summed E-state index contributed by atoms with van der Waals surface area (Å²) in [4.78, 5) is -0.497. The van der Waals surface area contributed by atoms with Gasteiger partial charge in [0.05, 0.1) is 12.7 Å². The van der Waals surface area contributed by atoms with E-state index in [9.17, 15) is 17.2 Å². The molecule has 1 saturated heterocycles. The molecular formula is C13H18F2N2O3S. The number of benzene rings is 1. The summed E-state index contributed by atoms with van der Waals surface area (Å²) < 4.78 is 59.4. The fourth-order valence-corrected chi connectivity index (χ4v) is 3.85. The van der Waals surface area contributed by atoms with E-state index in [-0.39, 0.29) is 37.9 Å². The SMILES string of the molecule is CNCc1c(F)ccc(S(=O)(=O)N2CCOC(C)C2)c1F. The molecule has 1 aromatic rings. The Morgan fingerprint density at radius 1 is 1.43 bits per heavy atom. The van der Waals surface area contributed by atoms with Gasteiger partial charge in [-0.2, -0.15) is 4.31 Å². The van der Waals surface area contributed by atoms with Crippen LogP contribution >= 0.6 is 0 Å². The van der Waals surface area contributed by atoms with Crippen LogP contribution in [0, 0.1) is 11.6 Å². The number of nitrogens with zero attached hydrogens (tertiary/aromatic N) is 1. The van der Waals surface area contributed by atoms with Gasteiger partial charge in [-0.1, -0.05) is 0 Å². The molecule has 1 unspecified atom stereocenters. The molecule has 0 radical (unpaired) electrons. The van der Waals surface area contributed by atoms with Gasteiger partial charge in [0, 0.05) is 25.2 Å². The van der Waals surface area contributed by atoms with E-state index in [1.54, 1.807) is 6.92 Å². The molecule has 0 aromatic heterocycles. The average molecular weight is 320 g/mol. The van der Waals surface area contributed by atoms with Crippen molar-refractivity contribution in [3.8, 4) is 0 Å². The third-order valence-electron chi connectivity index (χ3n) is 3.33. The van der Waals surface area contributed by atoms with Gasteiger partial charge >= 0.3 is 0 Å². The van der Waals surface area contributed by atoms with Gasteiger partial charge in [-0.25, -0.2) is 17.2 Å². The largest absolute Gasteiger partial charge is 0.376 e. The lowest BCUT2D eigenvalue weighted by Gasteiger charge is -2.30. The number of halogens is 2. The van der Waals surface area contributed by atoms with Crippen molar-refractivity contribution in [2.24, 2.45) is 0 Å². The predicted octanol–water partition coefficient (Wildman–Crippen LogP) is 1.09. The smallest absolute Gasteiger partial charge is 0.246 e. The third-order valence-corrected chi connectivity index (χ3v) is 5.21. The van der Waals surface area contributed by atoms with Crippen molar-refractivity contribution in [3.05, 3.63) is 29.3 Å². The molecule has 5 nitrogen and oxygen atoms in total. The number of hydrogen-bond acceptors (Lipinski definition) is 4. The summed E-state index contributed by atoms with van der Waals surface area (Å²) in [5.74, 6) is -1.81. The Balaban J connectivity index is 2.42. The molecule has 1 N–H and O–H groups in total. The molecule has 2 rings (SSSR count). The lowest BCUT2D eigenvalue weighted by molar-refractivity contribution is 0.0101. The zero-order chi connectivity index (χ0) is 15.6. The van der Waals surface area contributed by atoms with Crippen LogP contribution in [0.2, 0.25) is 0 Å². The van der Waals surface area contributed by atoms with Crippen molar-refractivity contribution in [1.82, 2.24) is 9.62 Å². The van der Waals surface area contributed by atoms with Crippen LogP contribution in [0.5, 0.6) is 0 Å². The van der Waals surface area contributed by atoms with Gasteiger partial charge in [0.25, 0.3) is 0 Å². The highest BCUT2D eigenvalue weighted by molar-refractivity contribution is 7.89. The van der Waals surface area contributed by atoms with E-state index in [1.165, 1.54) is 11.4 Å². The summed E-state index contributed by atoms with van der Waals surface area (Å²) in [6, 6.07) is 1.95. The summed E-state index contributed by atoms with van der Waals surface area (Å²) in [6.07, 6.45) is -0.256. The Morgan fingerprint density at radius 3 is 2.76 bits per heavy atom. The van der Waals surface area contributed by atoms with Crippen LogP contribution in [0.1, 0.15) is 12.5 Å². The van der Waals surface area contributed by atoms with Crippen molar-refractivity contribution in [1.29, 1.82) is 0 Å². The van der Waals surface area contributed by atoms with Crippen LogP contribution in [0.15, 0.2) is 17.0 Å². The van der Waals surface area contributed by atoms with Gasteiger partial charge in [0.15, 0.2) is 5.82 Å². The van der Waals surface area contributed by atoms with Gasteiger partial charge in [-0.05, 0) is 26.1 Å². The fraction of sp³-hybridized carbons (Fsp3) is 0.538. The minimum atomic E-state index is -4.00. The zero-order valence-corrected chi connectivity index (χ0v) is 12.7. The Kier molecular flexibility index (Phi) is 4.92. The van der Waals surface area contributed by atoms with Crippen molar-refractivity contribution >= 4 is 10.0 Å². The number of morpholine rings is 1. The number of hydrogen-bond donors (Lipinski definition) is 1. The third kappa shape index (κ3) is 3.23. The van der Waals surface area contributed by atoms with E-state index in [0.29, 0.717) is 0 Å². The zero-order valence-electron chi connectivity index (χ0n) is 11.9. The van der Waals surface area contributed by atoms with Gasteiger partial charge in [0.1, 0.15) is 10.7 Å². The van der Waals surface area contributed by atoms with Crippen LogP contribution in [0.3, 0.4) is 0 Å². The molecule has 21 heavy (non-hydrogen) atoms. The first-order valence-corrected chi connectivity index (χ1v) is 8.05. The molecule has 1 heterocycles. The minimum absolute atomic E-state index is 0.0828. The molecular weight excluding hydrogens is 302 g/mol. The molecule has 0 saturated carbocycles. The Morgan fingerprint density at radius 2 is 2.14 bits per heavy atom. The van der Waals surface area contributed by atoms with E-state index in [2.05, 4.69) is 5.32 Å². The van der Waals surface area contributed by atoms with Gasteiger partial charge in [-0.15, -0.1) is 0 Å². The van der Waals surface area contributed by atoms with E-state index >= 15 is 0 Å². The Bertz CT molecular complexity index is 622. The van der Waals surface area contributed by atoms with Crippen LogP contribution < -0.4 is 5.32 Å². The van der Waals surface area contributed by atoms with Crippen molar-refractivity contribution < 1.29 is 21.9 Å². The number of nitrogens with one attached hydrogen (secondary N) is 1. The van der Waals surface area contributed by atoms with E-state index in [1.807, 2.05) is 0 Å². The lowest BCUT2D eigenvalue weighted by atomic mass is 10.2. The standard InChI is InChI=1S/C13H18F2N2O3S/c1-9-8-17(5-6-20-9)21(18,19)12-4-3-11(14)10(7-16-2)13(12)15/h3-4,9,16H,5-8H2,1-2H3. The van der Waals surface area contributed by atoms with Gasteiger partial charge in [-0.3, -0.25) is 0 Å². The summed E-state index contributed by atoms with van der Waals surface area (Å²) in [7, 11) is -2.47. The highest BCUT2D eigenvalue weighted by atomic mass is 32.2. The predicted molar refractivity (Wildman–Crippen MR) is 73.3 cm³/mol. The normalized spacial score (nSPS) is 20.7. The number of ether oxygens (including phenoxy) is 1. The summed E-state index contributed by atoms with van der Waals surface area (Å²) in [5.41, 5.74) is -0.278. The summed E-state index contributed by atoms with van der Waals surface area (Å²) in [5, 5.41) is 2.62. The molecule has 0 spiro atoms. The minimum Gasteiger partial charge on any atom is -0.376 e. The van der Waals surface area contributed by atoms with Crippen molar-refractivity contribution in [2.75, 3.05) is 26.7 Å². The van der Waals surface area contributed by atoms with Crippen molar-refractivity contribution in [2.45, 2.75) is 24.5 Å². The average Bonchev–Trinajstić information content (AvgIpc) is 2.43. The van der Waals surface area contributed by atoms with Crippen LogP contribution in [-0.2, 0) is 21.3 Å². The maximum atomic E-state index is 14.4. The molecule has 1 atom stereocenters. The van der Waals surface area contributed by atoms with E-state index in [4.69, 9.17) is 4.74 Å². The summed E-state index contributed by atoms with van der Waals surface area (Å²) in [6.45, 7) is 2.23. The molecule has 1 fully saturated rings. The fourth-order valence-electron chi connectivity index (χ4n) is 2.26. The van der Waals surface area contributed by atoms with Crippen molar-refractivity contribution in [3.63, 3.8) is 0 Å². The van der Waals surface area contributed by atoms with Crippen LogP contribution in [0.4, 0.5) is 8.78 Å². The molecule has 8 heteroatoms. The lowest BCUT2D eigenvalue weighted by Crippen LogP contribution is -2.44. The first-order valence-electron chi connectivity index (χ1n) is 6.61. The maximum Gasteiger partial charge on any atom is 0.246 e. The number of sulfonamides is 1. The van der Waals surface area contributed by atoms with Gasteiger partial charge in [0.2, 0.25) is 10.0 Å². The van der Waals surface area contributed by atoms with Crippen LogP contribution in [0.25, 0.3) is 0 Å². The first kappa shape index (κ1) is 16.3. The molecule has 0 amide bonds. The second-order valence-corrected chi connectivity index (χ2v) is 6.82. The topological polar surface area (TPSA) is 58.6 Å². The molecule has 0 aliphatic carbocycles. The molecule has 118 valence electrons. The maximum absolute atomic E-state index is 14.4. The second-order valence-electron chi connectivity index (χ2n) is 4.91. The Labute approximate surface area is 122 Å². The van der Waals surface area contributed by atoms with Gasteiger partial charge < -0.3 is 10.1 Å². The molecule has 1 aliphatic heterocycles. The molecule has 1 aliphatic rings. The molecule has 1 aromatic carbocycles. The highest BCUT2D eigenvalue weighted by Crippen LogP contribution is 2.25. The molecule has 0 bridgehead atoms. The van der Waals surface area contributed by atoms with E-state index < -0.39 is 26.6 Å². The monoisotopic (exact) mass is 320 g/mol.